The highest BCUT2D eigenvalue weighted by molar-refractivity contribution is 7.99. The number of hydrogen-bond acceptors (Lipinski definition) is 6. The molecule has 0 spiro atoms. The van der Waals surface area contributed by atoms with Crippen LogP contribution in [-0.4, -0.2) is 23.5 Å². The molecule has 0 aliphatic carbocycles. The number of pyridine rings is 1. The fourth-order valence-electron chi connectivity index (χ4n) is 1.81. The van der Waals surface area contributed by atoms with Gasteiger partial charge in [-0.25, -0.2) is 9.78 Å². The standard InChI is InChI=1S/C17H15N3O3S/c1-2-23-17(22)12-8-10-19-16(11-12)24-14-5-3-13(4-6-14)20-15(21)7-9-18/h3-6,8,10-11H,2,7H2,1H3,(H,20,21). The lowest BCUT2D eigenvalue weighted by Gasteiger charge is -2.06. The summed E-state index contributed by atoms with van der Waals surface area (Å²) in [4.78, 5) is 28.2. The number of ether oxygens (including phenoxy) is 1. The van der Waals surface area contributed by atoms with Gasteiger partial charge in [-0.1, -0.05) is 11.8 Å². The Hall–Kier alpha value is -2.85. The number of hydrogen-bond donors (Lipinski definition) is 1. The number of esters is 1. The van der Waals surface area contributed by atoms with E-state index < -0.39 is 0 Å². The number of carbonyl (C=O) groups excluding carboxylic acids is 2. The van der Waals surface area contributed by atoms with Crippen molar-refractivity contribution in [3.05, 3.63) is 48.2 Å². The number of nitrogens with one attached hydrogen (secondary N) is 1. The van der Waals surface area contributed by atoms with Crippen LogP contribution < -0.4 is 5.32 Å². The van der Waals surface area contributed by atoms with E-state index in [1.807, 2.05) is 12.1 Å². The molecule has 1 amide bonds. The van der Waals surface area contributed by atoms with Gasteiger partial charge in [-0.3, -0.25) is 4.79 Å². The van der Waals surface area contributed by atoms with Gasteiger partial charge in [0.1, 0.15) is 11.4 Å². The molecule has 7 heteroatoms. The maximum Gasteiger partial charge on any atom is 0.338 e. The predicted molar refractivity (Wildman–Crippen MR) is 89.6 cm³/mol. The van der Waals surface area contributed by atoms with Crippen LogP contribution in [0.25, 0.3) is 0 Å². The zero-order chi connectivity index (χ0) is 17.4. The molecule has 1 aromatic carbocycles. The van der Waals surface area contributed by atoms with Crippen LogP contribution in [0.1, 0.15) is 23.7 Å². The molecule has 2 rings (SSSR count). The SMILES string of the molecule is CCOC(=O)c1ccnc(Sc2ccc(NC(=O)CC#N)cc2)c1. The number of benzene rings is 1. The lowest BCUT2D eigenvalue weighted by atomic mass is 10.3. The Morgan fingerprint density at radius 2 is 2.04 bits per heavy atom. The number of rotatable bonds is 6. The van der Waals surface area contributed by atoms with Gasteiger partial charge in [-0.2, -0.15) is 5.26 Å². The molecule has 1 N–H and O–H groups in total. The summed E-state index contributed by atoms with van der Waals surface area (Å²) >= 11 is 1.39. The van der Waals surface area contributed by atoms with Gasteiger partial charge in [0.25, 0.3) is 0 Å². The first-order chi connectivity index (χ1) is 11.6. The molecule has 0 aliphatic heterocycles. The normalized spacial score (nSPS) is 9.83. The zero-order valence-electron chi connectivity index (χ0n) is 13.0. The second-order valence-electron chi connectivity index (χ2n) is 4.61. The lowest BCUT2D eigenvalue weighted by Crippen LogP contribution is -2.09. The molecular weight excluding hydrogens is 326 g/mol. The largest absolute Gasteiger partial charge is 0.462 e. The van der Waals surface area contributed by atoms with E-state index >= 15 is 0 Å². The van der Waals surface area contributed by atoms with Crippen molar-refractivity contribution in [2.24, 2.45) is 0 Å². The molecule has 0 bridgehead atoms. The van der Waals surface area contributed by atoms with Crippen molar-refractivity contribution in [3.63, 3.8) is 0 Å². The number of nitrogens with zero attached hydrogens (tertiary/aromatic N) is 2. The summed E-state index contributed by atoms with van der Waals surface area (Å²) in [5.74, 6) is -0.723. The topological polar surface area (TPSA) is 92.1 Å². The van der Waals surface area contributed by atoms with Crippen LogP contribution in [0.15, 0.2) is 52.5 Å². The van der Waals surface area contributed by atoms with Crippen molar-refractivity contribution < 1.29 is 14.3 Å². The predicted octanol–water partition coefficient (Wildman–Crippen LogP) is 3.26. The van der Waals surface area contributed by atoms with Gasteiger partial charge >= 0.3 is 5.97 Å². The first-order valence-electron chi connectivity index (χ1n) is 7.20. The first-order valence-corrected chi connectivity index (χ1v) is 8.02. The van der Waals surface area contributed by atoms with Gasteiger partial charge in [0.2, 0.25) is 5.91 Å². The van der Waals surface area contributed by atoms with E-state index in [2.05, 4.69) is 10.3 Å². The minimum Gasteiger partial charge on any atom is -0.462 e. The van der Waals surface area contributed by atoms with Gasteiger partial charge < -0.3 is 10.1 Å². The summed E-state index contributed by atoms with van der Waals surface area (Å²) < 4.78 is 4.97. The third kappa shape index (κ3) is 5.11. The van der Waals surface area contributed by atoms with Gasteiger partial charge in [0, 0.05) is 16.8 Å². The Morgan fingerprint density at radius 3 is 2.71 bits per heavy atom. The van der Waals surface area contributed by atoms with Crippen molar-refractivity contribution >= 4 is 29.3 Å². The Labute approximate surface area is 143 Å². The number of aromatic nitrogens is 1. The monoisotopic (exact) mass is 341 g/mol. The number of anilines is 1. The van der Waals surface area contributed by atoms with Crippen molar-refractivity contribution in [2.45, 2.75) is 23.3 Å². The van der Waals surface area contributed by atoms with Gasteiger partial charge in [0.05, 0.1) is 18.2 Å². The number of carbonyl (C=O) groups is 2. The van der Waals surface area contributed by atoms with E-state index in [4.69, 9.17) is 10.00 Å². The van der Waals surface area contributed by atoms with Crippen LogP contribution in [0.3, 0.4) is 0 Å². The molecule has 1 aromatic heterocycles. The molecule has 1 heterocycles. The smallest absolute Gasteiger partial charge is 0.338 e. The summed E-state index contributed by atoms with van der Waals surface area (Å²) in [6, 6.07) is 12.2. The van der Waals surface area contributed by atoms with E-state index in [1.54, 1.807) is 43.5 Å². The van der Waals surface area contributed by atoms with Crippen LogP contribution in [0, 0.1) is 11.3 Å². The van der Waals surface area contributed by atoms with Crippen LogP contribution in [0.4, 0.5) is 5.69 Å². The summed E-state index contributed by atoms with van der Waals surface area (Å²) in [5.41, 5.74) is 1.07. The van der Waals surface area contributed by atoms with E-state index in [-0.39, 0.29) is 18.3 Å². The fourth-order valence-corrected chi connectivity index (χ4v) is 2.62. The van der Waals surface area contributed by atoms with E-state index in [1.165, 1.54) is 11.8 Å². The molecule has 0 saturated carbocycles. The molecule has 122 valence electrons. The maximum absolute atomic E-state index is 11.7. The van der Waals surface area contributed by atoms with Crippen LogP contribution in [-0.2, 0) is 9.53 Å². The average molecular weight is 341 g/mol. The highest BCUT2D eigenvalue weighted by Gasteiger charge is 2.08. The van der Waals surface area contributed by atoms with Gasteiger partial charge in [-0.15, -0.1) is 0 Å². The quantitative estimate of drug-likeness (QED) is 0.811. The summed E-state index contributed by atoms with van der Waals surface area (Å²) in [5, 5.41) is 11.8. The van der Waals surface area contributed by atoms with Gasteiger partial charge in [-0.05, 0) is 43.3 Å². The molecule has 24 heavy (non-hydrogen) atoms. The summed E-state index contributed by atoms with van der Waals surface area (Å²) in [7, 11) is 0. The van der Waals surface area contributed by atoms with Crippen LogP contribution in [0.5, 0.6) is 0 Å². The Balaban J connectivity index is 2.04. The third-order valence-corrected chi connectivity index (χ3v) is 3.79. The Kier molecular flexibility index (Phi) is 6.34. The molecule has 0 saturated heterocycles. The average Bonchev–Trinajstić information content (AvgIpc) is 2.57. The van der Waals surface area contributed by atoms with Crippen molar-refractivity contribution in [1.82, 2.24) is 4.98 Å². The van der Waals surface area contributed by atoms with Crippen molar-refractivity contribution in [2.75, 3.05) is 11.9 Å². The molecule has 0 fully saturated rings. The minimum atomic E-state index is -0.377. The van der Waals surface area contributed by atoms with Crippen molar-refractivity contribution in [1.29, 1.82) is 5.26 Å². The van der Waals surface area contributed by atoms with Crippen LogP contribution >= 0.6 is 11.8 Å². The van der Waals surface area contributed by atoms with Crippen molar-refractivity contribution in [3.8, 4) is 6.07 Å². The lowest BCUT2D eigenvalue weighted by molar-refractivity contribution is -0.115. The molecule has 0 unspecified atom stereocenters. The van der Waals surface area contributed by atoms with E-state index in [0.29, 0.717) is 22.9 Å². The minimum absolute atomic E-state index is 0.179. The zero-order valence-corrected chi connectivity index (χ0v) is 13.8. The third-order valence-electron chi connectivity index (χ3n) is 2.85. The second-order valence-corrected chi connectivity index (χ2v) is 5.71. The number of amides is 1. The molecule has 0 atom stereocenters. The summed E-state index contributed by atoms with van der Waals surface area (Å²) in [6.45, 7) is 2.08. The molecule has 2 aromatic rings. The molecule has 0 radical (unpaired) electrons. The fraction of sp³-hybridized carbons (Fsp3) is 0.176. The van der Waals surface area contributed by atoms with Gasteiger partial charge in [0.15, 0.2) is 0 Å². The number of nitriles is 1. The highest BCUT2D eigenvalue weighted by atomic mass is 32.2. The first kappa shape index (κ1) is 17.5. The highest BCUT2D eigenvalue weighted by Crippen LogP contribution is 2.27. The Morgan fingerprint density at radius 1 is 1.29 bits per heavy atom. The maximum atomic E-state index is 11.7. The van der Waals surface area contributed by atoms with E-state index in [9.17, 15) is 9.59 Å². The molecular formula is C17H15N3O3S. The summed E-state index contributed by atoms with van der Waals surface area (Å²) in [6.07, 6.45) is 1.38. The Bertz CT molecular complexity index is 769. The second kappa shape index (κ2) is 8.70. The molecule has 6 nitrogen and oxygen atoms in total. The van der Waals surface area contributed by atoms with Crippen LogP contribution in [0.2, 0.25) is 0 Å². The van der Waals surface area contributed by atoms with E-state index in [0.717, 1.165) is 4.90 Å². The molecule has 0 aliphatic rings.